The number of carbonyl (C=O) groups excluding carboxylic acids is 1. The lowest BCUT2D eigenvalue weighted by Gasteiger charge is -1.99. The van der Waals surface area contributed by atoms with Gasteiger partial charge in [-0.15, -0.1) is 11.3 Å². The maximum Gasteiger partial charge on any atom is 0.232 e. The van der Waals surface area contributed by atoms with E-state index in [9.17, 15) is 4.79 Å². The van der Waals surface area contributed by atoms with Crippen molar-refractivity contribution in [2.75, 3.05) is 5.32 Å². The Morgan fingerprint density at radius 1 is 1.23 bits per heavy atom. The summed E-state index contributed by atoms with van der Waals surface area (Å²) in [6, 6.07) is 9.63. The Morgan fingerprint density at radius 3 is 2.68 bits per heavy atom. The summed E-state index contributed by atoms with van der Waals surface area (Å²) in [4.78, 5) is 20.7. The van der Waals surface area contributed by atoms with Crippen LogP contribution in [0.5, 0.6) is 0 Å². The summed E-state index contributed by atoms with van der Waals surface area (Å²) in [6.07, 6.45) is 0.167. The van der Waals surface area contributed by atoms with Gasteiger partial charge in [0.15, 0.2) is 5.13 Å². The fourth-order valence-electron chi connectivity index (χ4n) is 2.02. The van der Waals surface area contributed by atoms with Gasteiger partial charge in [-0.1, -0.05) is 18.2 Å². The first-order valence-electron chi connectivity index (χ1n) is 6.85. The number of aryl methyl sites for hydroxylation is 2. The summed E-state index contributed by atoms with van der Waals surface area (Å²) in [5.41, 5.74) is 2.43. The molecule has 0 aliphatic carbocycles. The van der Waals surface area contributed by atoms with Gasteiger partial charge in [-0.2, -0.15) is 0 Å². The monoisotopic (exact) mass is 313 g/mol. The molecular formula is C16H15N3O2S. The predicted molar refractivity (Wildman–Crippen MR) is 85.9 cm³/mol. The van der Waals surface area contributed by atoms with Gasteiger partial charge in [-0.05, 0) is 26.0 Å². The Balaban J connectivity index is 1.73. The molecule has 0 atom stereocenters. The second kappa shape index (κ2) is 6.11. The van der Waals surface area contributed by atoms with Crippen molar-refractivity contribution >= 4 is 22.4 Å². The first-order valence-corrected chi connectivity index (χ1v) is 7.73. The molecule has 1 N–H and O–H groups in total. The van der Waals surface area contributed by atoms with Crippen LogP contribution in [0.3, 0.4) is 0 Å². The van der Waals surface area contributed by atoms with Gasteiger partial charge in [0.05, 0.1) is 17.8 Å². The topological polar surface area (TPSA) is 68.0 Å². The maximum absolute atomic E-state index is 12.1. The molecular weight excluding hydrogens is 298 g/mol. The van der Waals surface area contributed by atoms with Crippen LogP contribution >= 0.6 is 11.3 Å². The number of hydrogen-bond donors (Lipinski definition) is 1. The lowest BCUT2D eigenvalue weighted by molar-refractivity contribution is -0.115. The zero-order valence-electron chi connectivity index (χ0n) is 12.3. The van der Waals surface area contributed by atoms with Gasteiger partial charge in [-0.3, -0.25) is 4.79 Å². The fraction of sp³-hybridized carbons (Fsp3) is 0.188. The van der Waals surface area contributed by atoms with Crippen molar-refractivity contribution in [3.63, 3.8) is 0 Å². The van der Waals surface area contributed by atoms with Crippen LogP contribution in [0, 0.1) is 13.8 Å². The highest BCUT2D eigenvalue weighted by molar-refractivity contribution is 7.13. The Kier molecular flexibility index (Phi) is 4.02. The molecule has 2 aromatic heterocycles. The molecule has 0 unspecified atom stereocenters. The number of nitrogens with one attached hydrogen (secondary N) is 1. The molecule has 0 fully saturated rings. The highest BCUT2D eigenvalue weighted by Gasteiger charge is 2.15. The van der Waals surface area contributed by atoms with Gasteiger partial charge < -0.3 is 9.73 Å². The number of oxazole rings is 1. The predicted octanol–water partition coefficient (Wildman–Crippen LogP) is 3.60. The Bertz CT molecular complexity index is 793. The Labute approximate surface area is 132 Å². The molecule has 112 valence electrons. The van der Waals surface area contributed by atoms with Crippen molar-refractivity contribution in [2.45, 2.75) is 20.3 Å². The smallest absolute Gasteiger partial charge is 0.232 e. The van der Waals surface area contributed by atoms with E-state index < -0.39 is 0 Å². The number of nitrogens with zero attached hydrogens (tertiary/aromatic N) is 2. The van der Waals surface area contributed by atoms with Crippen molar-refractivity contribution in [3.8, 4) is 11.5 Å². The van der Waals surface area contributed by atoms with Crippen LogP contribution in [0.15, 0.2) is 40.1 Å². The van der Waals surface area contributed by atoms with Crippen molar-refractivity contribution in [3.05, 3.63) is 52.9 Å². The summed E-state index contributed by atoms with van der Waals surface area (Å²) in [5, 5.41) is 5.27. The van der Waals surface area contributed by atoms with E-state index in [1.165, 1.54) is 11.3 Å². The zero-order chi connectivity index (χ0) is 15.5. The van der Waals surface area contributed by atoms with Crippen LogP contribution < -0.4 is 5.32 Å². The summed E-state index contributed by atoms with van der Waals surface area (Å²) in [6.45, 7) is 3.70. The van der Waals surface area contributed by atoms with E-state index >= 15 is 0 Å². The number of aromatic nitrogens is 2. The zero-order valence-corrected chi connectivity index (χ0v) is 13.1. The fourth-order valence-corrected chi connectivity index (χ4v) is 2.73. The van der Waals surface area contributed by atoms with Gasteiger partial charge in [0.2, 0.25) is 11.8 Å². The van der Waals surface area contributed by atoms with E-state index in [0.29, 0.717) is 22.5 Å². The molecule has 22 heavy (non-hydrogen) atoms. The van der Waals surface area contributed by atoms with Crippen molar-refractivity contribution in [1.82, 2.24) is 9.97 Å². The third-order valence-electron chi connectivity index (χ3n) is 3.11. The van der Waals surface area contributed by atoms with Crippen LogP contribution in [0.4, 0.5) is 5.13 Å². The highest BCUT2D eigenvalue weighted by atomic mass is 32.1. The average molecular weight is 313 g/mol. The SMILES string of the molecule is Cc1csc(NC(=O)Cc2nc(-c3ccccc3)oc2C)n1. The third-order valence-corrected chi connectivity index (χ3v) is 3.98. The maximum atomic E-state index is 12.1. The quantitative estimate of drug-likeness (QED) is 0.799. The van der Waals surface area contributed by atoms with E-state index in [1.54, 1.807) is 0 Å². The summed E-state index contributed by atoms with van der Waals surface area (Å²) in [7, 11) is 0. The van der Waals surface area contributed by atoms with Crippen molar-refractivity contribution in [1.29, 1.82) is 0 Å². The van der Waals surface area contributed by atoms with Crippen LogP contribution in [-0.2, 0) is 11.2 Å². The molecule has 0 aliphatic heterocycles. The van der Waals surface area contributed by atoms with Gasteiger partial charge in [0.25, 0.3) is 0 Å². The molecule has 1 amide bonds. The second-order valence-corrected chi connectivity index (χ2v) is 5.77. The van der Waals surface area contributed by atoms with Gasteiger partial charge in [-0.25, -0.2) is 9.97 Å². The van der Waals surface area contributed by atoms with Crippen LogP contribution in [0.1, 0.15) is 17.1 Å². The van der Waals surface area contributed by atoms with Crippen LogP contribution in [0.25, 0.3) is 11.5 Å². The molecule has 2 heterocycles. The lowest BCUT2D eigenvalue weighted by Crippen LogP contribution is -2.15. The Morgan fingerprint density at radius 2 is 2.00 bits per heavy atom. The van der Waals surface area contributed by atoms with E-state index in [-0.39, 0.29) is 12.3 Å². The molecule has 0 bridgehead atoms. The standard InChI is InChI=1S/C16H15N3O2S/c1-10-9-22-16(17-10)19-14(20)8-13-11(2)21-15(18-13)12-6-4-3-5-7-12/h3-7,9H,8H2,1-2H3,(H,17,19,20). The second-order valence-electron chi connectivity index (χ2n) is 4.91. The number of benzene rings is 1. The molecule has 1 aromatic carbocycles. The number of carbonyl (C=O) groups is 1. The molecule has 0 saturated carbocycles. The number of amides is 1. The van der Waals surface area contributed by atoms with Gasteiger partial charge >= 0.3 is 0 Å². The molecule has 3 aromatic rings. The van der Waals surface area contributed by atoms with E-state index in [0.717, 1.165) is 11.3 Å². The number of anilines is 1. The van der Waals surface area contributed by atoms with Crippen molar-refractivity contribution in [2.24, 2.45) is 0 Å². The van der Waals surface area contributed by atoms with Crippen molar-refractivity contribution < 1.29 is 9.21 Å². The molecule has 0 spiro atoms. The van der Waals surface area contributed by atoms with E-state index in [2.05, 4.69) is 15.3 Å². The molecule has 0 aliphatic rings. The first-order chi connectivity index (χ1) is 10.6. The minimum absolute atomic E-state index is 0.148. The molecule has 3 rings (SSSR count). The van der Waals surface area contributed by atoms with Gasteiger partial charge in [0, 0.05) is 10.9 Å². The first kappa shape index (κ1) is 14.5. The third kappa shape index (κ3) is 3.23. The van der Waals surface area contributed by atoms with E-state index in [1.807, 2.05) is 49.6 Å². The Hall–Kier alpha value is -2.47. The minimum atomic E-state index is -0.148. The van der Waals surface area contributed by atoms with Crippen LogP contribution in [0.2, 0.25) is 0 Å². The summed E-state index contributed by atoms with van der Waals surface area (Å²) < 4.78 is 5.65. The number of hydrogen-bond acceptors (Lipinski definition) is 5. The molecule has 5 nitrogen and oxygen atoms in total. The lowest BCUT2D eigenvalue weighted by atomic mass is 10.2. The molecule has 0 radical (unpaired) electrons. The number of rotatable bonds is 4. The normalized spacial score (nSPS) is 10.6. The largest absolute Gasteiger partial charge is 0.441 e. The molecule has 6 heteroatoms. The van der Waals surface area contributed by atoms with Gasteiger partial charge in [0.1, 0.15) is 5.76 Å². The number of thiazole rings is 1. The van der Waals surface area contributed by atoms with E-state index in [4.69, 9.17) is 4.42 Å². The minimum Gasteiger partial charge on any atom is -0.441 e. The molecule has 0 saturated heterocycles. The average Bonchev–Trinajstić information content (AvgIpc) is 3.07. The van der Waals surface area contributed by atoms with Crippen LogP contribution in [-0.4, -0.2) is 15.9 Å². The summed E-state index contributed by atoms with van der Waals surface area (Å²) >= 11 is 1.41. The highest BCUT2D eigenvalue weighted by Crippen LogP contribution is 2.22. The summed E-state index contributed by atoms with van der Waals surface area (Å²) in [5.74, 6) is 1.04.